The summed E-state index contributed by atoms with van der Waals surface area (Å²) in [6.07, 6.45) is 7.26. The highest BCUT2D eigenvalue weighted by atomic mass is 16.5. The zero-order chi connectivity index (χ0) is 10.8. The van der Waals surface area contributed by atoms with Crippen molar-refractivity contribution in [1.29, 1.82) is 0 Å². The van der Waals surface area contributed by atoms with Crippen molar-refractivity contribution in [2.45, 2.75) is 44.9 Å². The van der Waals surface area contributed by atoms with Gasteiger partial charge in [-0.05, 0) is 37.3 Å². The van der Waals surface area contributed by atoms with E-state index < -0.39 is 0 Å². The number of aromatic nitrogens is 1. The molecule has 1 aromatic rings. The number of rotatable bonds is 1. The molecule has 1 aliphatic carbocycles. The maximum atomic E-state index is 11.8. The second kappa shape index (κ2) is 4.09. The van der Waals surface area contributed by atoms with E-state index in [1.807, 2.05) is 13.0 Å². The summed E-state index contributed by atoms with van der Waals surface area (Å²) in [5.41, 5.74) is 1.60. The van der Waals surface area contributed by atoms with Gasteiger partial charge in [-0.2, -0.15) is 4.73 Å². The molecule has 1 N–H and O–H groups in total. The summed E-state index contributed by atoms with van der Waals surface area (Å²) in [7, 11) is 0. The van der Waals surface area contributed by atoms with Crippen LogP contribution in [0.2, 0.25) is 0 Å². The molecule has 0 amide bonds. The van der Waals surface area contributed by atoms with E-state index in [-0.39, 0.29) is 5.56 Å². The highest BCUT2D eigenvalue weighted by Crippen LogP contribution is 2.32. The highest BCUT2D eigenvalue weighted by Gasteiger charge is 2.20. The Morgan fingerprint density at radius 3 is 2.67 bits per heavy atom. The van der Waals surface area contributed by atoms with Gasteiger partial charge in [0.25, 0.3) is 5.56 Å². The Kier molecular flexibility index (Phi) is 2.80. The largest absolute Gasteiger partial charge is 0.425 e. The third-order valence-electron chi connectivity index (χ3n) is 3.34. The Balaban J connectivity index is 2.41. The quantitative estimate of drug-likeness (QED) is 0.719. The van der Waals surface area contributed by atoms with Crippen LogP contribution in [0.3, 0.4) is 0 Å². The molecule has 0 radical (unpaired) electrons. The van der Waals surface area contributed by atoms with Crippen molar-refractivity contribution in [2.24, 2.45) is 0 Å². The fourth-order valence-corrected chi connectivity index (χ4v) is 2.52. The number of aryl methyl sites for hydroxylation is 1. The summed E-state index contributed by atoms with van der Waals surface area (Å²) < 4.78 is 0.705. The van der Waals surface area contributed by atoms with Gasteiger partial charge in [0.15, 0.2) is 0 Å². The molecule has 15 heavy (non-hydrogen) atoms. The number of nitrogens with zero attached hydrogens (tertiary/aromatic N) is 1. The molecule has 0 aromatic carbocycles. The van der Waals surface area contributed by atoms with Gasteiger partial charge in [0.2, 0.25) is 0 Å². The Hall–Kier alpha value is -1.25. The van der Waals surface area contributed by atoms with E-state index in [4.69, 9.17) is 0 Å². The molecule has 0 bridgehead atoms. The number of hydrogen-bond donors (Lipinski definition) is 1. The lowest BCUT2D eigenvalue weighted by Crippen LogP contribution is -2.25. The first-order chi connectivity index (χ1) is 7.20. The summed E-state index contributed by atoms with van der Waals surface area (Å²) >= 11 is 0. The van der Waals surface area contributed by atoms with Crippen molar-refractivity contribution in [3.05, 3.63) is 33.7 Å². The predicted octanol–water partition coefficient (Wildman–Crippen LogP) is 2.44. The summed E-state index contributed by atoms with van der Waals surface area (Å²) in [5, 5.41) is 9.36. The normalized spacial score (nSPS) is 17.9. The molecule has 1 heterocycles. The molecule has 82 valence electrons. The summed E-state index contributed by atoms with van der Waals surface area (Å²) in [6, 6.07) is 1.81. The molecular formula is C12H17NO2. The molecule has 3 heteroatoms. The van der Waals surface area contributed by atoms with E-state index in [9.17, 15) is 10.0 Å². The van der Waals surface area contributed by atoms with Gasteiger partial charge >= 0.3 is 0 Å². The van der Waals surface area contributed by atoms with Gasteiger partial charge in [0, 0.05) is 11.8 Å². The SMILES string of the molecule is Cc1ccn(O)c(=O)c1C1CCCCC1. The minimum atomic E-state index is -0.234. The molecule has 1 aromatic heterocycles. The van der Waals surface area contributed by atoms with Gasteiger partial charge in [-0.3, -0.25) is 4.79 Å². The maximum absolute atomic E-state index is 11.8. The van der Waals surface area contributed by atoms with Gasteiger partial charge in [-0.15, -0.1) is 0 Å². The van der Waals surface area contributed by atoms with Gasteiger partial charge < -0.3 is 5.21 Å². The molecular weight excluding hydrogens is 190 g/mol. The lowest BCUT2D eigenvalue weighted by atomic mass is 9.83. The smallest absolute Gasteiger partial charge is 0.286 e. The van der Waals surface area contributed by atoms with Crippen LogP contribution in [0.1, 0.15) is 49.1 Å². The third kappa shape index (κ3) is 1.91. The van der Waals surface area contributed by atoms with E-state index in [1.54, 1.807) is 0 Å². The van der Waals surface area contributed by atoms with E-state index >= 15 is 0 Å². The second-order valence-corrected chi connectivity index (χ2v) is 4.40. The van der Waals surface area contributed by atoms with Crippen molar-refractivity contribution in [2.75, 3.05) is 0 Å². The second-order valence-electron chi connectivity index (χ2n) is 4.40. The zero-order valence-corrected chi connectivity index (χ0v) is 9.07. The van der Waals surface area contributed by atoms with Gasteiger partial charge in [0.1, 0.15) is 0 Å². The molecule has 0 atom stereocenters. The number of hydrogen-bond acceptors (Lipinski definition) is 2. The lowest BCUT2D eigenvalue weighted by Gasteiger charge is -2.22. The van der Waals surface area contributed by atoms with Crippen LogP contribution >= 0.6 is 0 Å². The van der Waals surface area contributed by atoms with Crippen LogP contribution in [-0.4, -0.2) is 9.94 Å². The molecule has 0 spiro atoms. The van der Waals surface area contributed by atoms with Crippen LogP contribution in [0.4, 0.5) is 0 Å². The maximum Gasteiger partial charge on any atom is 0.286 e. The first kappa shape index (κ1) is 10.3. The van der Waals surface area contributed by atoms with Crippen LogP contribution in [0.15, 0.2) is 17.1 Å². The molecule has 1 saturated carbocycles. The summed E-state index contributed by atoms with van der Waals surface area (Å²) in [6.45, 7) is 1.95. The Bertz CT molecular complexity index is 403. The summed E-state index contributed by atoms with van der Waals surface area (Å²) in [5.74, 6) is 0.353. The van der Waals surface area contributed by atoms with Gasteiger partial charge in [-0.1, -0.05) is 19.3 Å². The van der Waals surface area contributed by atoms with Crippen LogP contribution in [0.5, 0.6) is 0 Å². The first-order valence-electron chi connectivity index (χ1n) is 5.61. The third-order valence-corrected chi connectivity index (χ3v) is 3.34. The van der Waals surface area contributed by atoms with Crippen LogP contribution in [0, 0.1) is 6.92 Å². The Labute approximate surface area is 89.3 Å². The van der Waals surface area contributed by atoms with Gasteiger partial charge in [-0.25, -0.2) is 0 Å². The Morgan fingerprint density at radius 2 is 2.00 bits per heavy atom. The van der Waals surface area contributed by atoms with E-state index in [0.717, 1.165) is 24.0 Å². The van der Waals surface area contributed by atoms with Crippen molar-refractivity contribution in [3.8, 4) is 0 Å². The van der Waals surface area contributed by atoms with Crippen molar-refractivity contribution < 1.29 is 5.21 Å². The van der Waals surface area contributed by atoms with Gasteiger partial charge in [0.05, 0.1) is 0 Å². The molecule has 2 rings (SSSR count). The fraction of sp³-hybridized carbons (Fsp3) is 0.583. The molecule has 0 saturated heterocycles. The van der Waals surface area contributed by atoms with E-state index in [2.05, 4.69) is 0 Å². The van der Waals surface area contributed by atoms with Crippen molar-refractivity contribution in [1.82, 2.24) is 4.73 Å². The highest BCUT2D eigenvalue weighted by molar-refractivity contribution is 5.26. The monoisotopic (exact) mass is 207 g/mol. The topological polar surface area (TPSA) is 42.2 Å². The lowest BCUT2D eigenvalue weighted by molar-refractivity contribution is 0.172. The van der Waals surface area contributed by atoms with E-state index in [0.29, 0.717) is 10.6 Å². The average Bonchev–Trinajstić information content (AvgIpc) is 2.26. The fourth-order valence-electron chi connectivity index (χ4n) is 2.52. The van der Waals surface area contributed by atoms with Crippen LogP contribution in [0.25, 0.3) is 0 Å². The molecule has 1 aliphatic rings. The zero-order valence-electron chi connectivity index (χ0n) is 9.07. The minimum Gasteiger partial charge on any atom is -0.425 e. The predicted molar refractivity (Wildman–Crippen MR) is 58.4 cm³/mol. The van der Waals surface area contributed by atoms with Crippen LogP contribution < -0.4 is 5.56 Å². The Morgan fingerprint density at radius 1 is 1.33 bits per heavy atom. The van der Waals surface area contributed by atoms with Crippen molar-refractivity contribution >= 4 is 0 Å². The number of pyridine rings is 1. The standard InChI is InChI=1S/C12H17NO2/c1-9-7-8-13(15)12(14)11(9)10-5-3-2-4-6-10/h7-8,10,15H,2-6H2,1H3. The first-order valence-corrected chi connectivity index (χ1v) is 5.61. The molecule has 1 fully saturated rings. The van der Waals surface area contributed by atoms with Crippen molar-refractivity contribution in [3.63, 3.8) is 0 Å². The molecule has 3 nitrogen and oxygen atoms in total. The molecule has 0 unspecified atom stereocenters. The molecule has 0 aliphatic heterocycles. The van der Waals surface area contributed by atoms with E-state index in [1.165, 1.54) is 25.5 Å². The summed E-state index contributed by atoms with van der Waals surface area (Å²) in [4.78, 5) is 11.8. The van der Waals surface area contributed by atoms with Crippen LogP contribution in [-0.2, 0) is 0 Å². The average molecular weight is 207 g/mol. The minimum absolute atomic E-state index is 0.234.